The average Bonchev–Trinajstić information content (AvgIpc) is 3.36. The van der Waals surface area contributed by atoms with E-state index in [4.69, 9.17) is 21.2 Å². The number of fused-ring (bicyclic) bond motifs is 4. The summed E-state index contributed by atoms with van der Waals surface area (Å²) in [6.07, 6.45) is 0.597. The first-order valence-corrected chi connectivity index (χ1v) is 9.63. The van der Waals surface area contributed by atoms with Gasteiger partial charge in [0.05, 0.1) is 22.3 Å². The number of anilines is 2. The molecule has 0 aliphatic heterocycles. The van der Waals surface area contributed by atoms with Crippen molar-refractivity contribution in [1.29, 1.82) is 5.26 Å². The molecule has 0 saturated heterocycles. The molecule has 0 amide bonds. The van der Waals surface area contributed by atoms with Gasteiger partial charge in [0, 0.05) is 5.88 Å². The molecule has 0 unspecified atom stereocenters. The van der Waals surface area contributed by atoms with Crippen LogP contribution < -0.4 is 5.32 Å². The standard InChI is InChI=1S/C21H15ClN6O/c1-12-13(9-10-22)20(25-16-6-4-7-17-19(16)27-29-26-17)28-18-8-3-2-5-15(18)24-21(28)14(12)11-23/h2-8,25H,9-10H2,1H3. The molecule has 2 aromatic carbocycles. The van der Waals surface area contributed by atoms with Crippen LogP contribution in [0.5, 0.6) is 0 Å². The van der Waals surface area contributed by atoms with E-state index < -0.39 is 0 Å². The third-order valence-corrected chi connectivity index (χ3v) is 5.31. The van der Waals surface area contributed by atoms with Gasteiger partial charge in [0.25, 0.3) is 0 Å². The Morgan fingerprint density at radius 3 is 2.79 bits per heavy atom. The second kappa shape index (κ2) is 6.76. The van der Waals surface area contributed by atoms with Gasteiger partial charge in [-0.1, -0.05) is 18.2 Å². The molecule has 0 spiro atoms. The zero-order valence-electron chi connectivity index (χ0n) is 15.5. The van der Waals surface area contributed by atoms with Gasteiger partial charge in [0.1, 0.15) is 17.4 Å². The van der Waals surface area contributed by atoms with Gasteiger partial charge >= 0.3 is 0 Å². The first-order valence-electron chi connectivity index (χ1n) is 9.10. The van der Waals surface area contributed by atoms with Crippen LogP contribution in [-0.4, -0.2) is 25.6 Å². The second-order valence-electron chi connectivity index (χ2n) is 6.70. The first-order chi connectivity index (χ1) is 14.2. The van der Waals surface area contributed by atoms with Crippen molar-refractivity contribution in [1.82, 2.24) is 19.7 Å². The predicted molar refractivity (Wildman–Crippen MR) is 112 cm³/mol. The summed E-state index contributed by atoms with van der Waals surface area (Å²) >= 11 is 6.13. The van der Waals surface area contributed by atoms with E-state index in [1.807, 2.05) is 53.8 Å². The largest absolute Gasteiger partial charge is 0.339 e. The summed E-state index contributed by atoms with van der Waals surface area (Å²) in [5.74, 6) is 1.23. The monoisotopic (exact) mass is 402 g/mol. The molecule has 0 saturated carbocycles. The van der Waals surface area contributed by atoms with E-state index in [1.54, 1.807) is 0 Å². The minimum Gasteiger partial charge on any atom is -0.339 e. The Morgan fingerprint density at radius 2 is 1.97 bits per heavy atom. The van der Waals surface area contributed by atoms with Crippen LogP contribution in [0.4, 0.5) is 11.5 Å². The zero-order chi connectivity index (χ0) is 20.0. The van der Waals surface area contributed by atoms with Crippen LogP contribution >= 0.6 is 11.6 Å². The third-order valence-electron chi connectivity index (χ3n) is 5.12. The molecule has 0 fully saturated rings. The van der Waals surface area contributed by atoms with Crippen molar-refractivity contribution in [2.45, 2.75) is 13.3 Å². The lowest BCUT2D eigenvalue weighted by molar-refractivity contribution is 0.315. The fourth-order valence-electron chi connectivity index (χ4n) is 3.75. The molecule has 1 N–H and O–H groups in total. The van der Waals surface area contributed by atoms with Crippen molar-refractivity contribution in [3.63, 3.8) is 0 Å². The Bertz CT molecular complexity index is 1430. The van der Waals surface area contributed by atoms with E-state index >= 15 is 0 Å². The van der Waals surface area contributed by atoms with E-state index in [1.165, 1.54) is 0 Å². The van der Waals surface area contributed by atoms with Crippen molar-refractivity contribution in [3.05, 3.63) is 59.2 Å². The van der Waals surface area contributed by atoms with Crippen molar-refractivity contribution in [2.24, 2.45) is 0 Å². The smallest absolute Gasteiger partial charge is 0.158 e. The Kier molecular flexibility index (Phi) is 4.07. The second-order valence-corrected chi connectivity index (χ2v) is 7.08. The minimum absolute atomic E-state index is 0.425. The molecule has 5 rings (SSSR count). The third kappa shape index (κ3) is 2.61. The van der Waals surface area contributed by atoms with Crippen LogP contribution in [0.25, 0.3) is 27.7 Å². The van der Waals surface area contributed by atoms with Crippen molar-refractivity contribution in [2.75, 3.05) is 11.2 Å². The molecule has 0 aliphatic carbocycles. The lowest BCUT2D eigenvalue weighted by Crippen LogP contribution is -2.09. The molecule has 8 heteroatoms. The SMILES string of the molecule is Cc1c(CCCl)c(Nc2cccc3nonc23)n2c(nc3ccccc32)c1C#N. The summed E-state index contributed by atoms with van der Waals surface area (Å²) in [7, 11) is 0. The maximum Gasteiger partial charge on any atom is 0.158 e. The molecule has 29 heavy (non-hydrogen) atoms. The number of hydrogen-bond acceptors (Lipinski definition) is 6. The Labute approximate surface area is 170 Å². The highest BCUT2D eigenvalue weighted by Crippen LogP contribution is 2.34. The topological polar surface area (TPSA) is 92.0 Å². The fourth-order valence-corrected chi connectivity index (χ4v) is 3.94. The quantitative estimate of drug-likeness (QED) is 0.437. The number of halogens is 1. The summed E-state index contributed by atoms with van der Waals surface area (Å²) < 4.78 is 6.88. The van der Waals surface area contributed by atoms with Crippen LogP contribution in [0, 0.1) is 18.3 Å². The minimum atomic E-state index is 0.425. The maximum atomic E-state index is 9.84. The van der Waals surface area contributed by atoms with E-state index in [0.717, 1.165) is 33.7 Å². The van der Waals surface area contributed by atoms with Gasteiger partial charge in [0.2, 0.25) is 0 Å². The number of hydrogen-bond donors (Lipinski definition) is 1. The van der Waals surface area contributed by atoms with Gasteiger partial charge in [-0.15, -0.1) is 11.6 Å². The summed E-state index contributed by atoms with van der Waals surface area (Å²) in [5, 5.41) is 21.3. The van der Waals surface area contributed by atoms with E-state index in [0.29, 0.717) is 34.5 Å². The van der Waals surface area contributed by atoms with Crippen LogP contribution in [0.2, 0.25) is 0 Å². The maximum absolute atomic E-state index is 9.84. The van der Waals surface area contributed by atoms with Gasteiger partial charge < -0.3 is 5.32 Å². The summed E-state index contributed by atoms with van der Waals surface area (Å²) in [5.41, 5.74) is 6.74. The summed E-state index contributed by atoms with van der Waals surface area (Å²) in [4.78, 5) is 4.72. The lowest BCUT2D eigenvalue weighted by Gasteiger charge is -2.18. The Morgan fingerprint density at radius 1 is 1.14 bits per heavy atom. The molecule has 0 bridgehead atoms. The van der Waals surface area contributed by atoms with Crippen LogP contribution in [-0.2, 0) is 6.42 Å². The van der Waals surface area contributed by atoms with Crippen molar-refractivity contribution < 1.29 is 4.63 Å². The van der Waals surface area contributed by atoms with Gasteiger partial charge in [-0.05, 0) is 59.1 Å². The van der Waals surface area contributed by atoms with E-state index in [2.05, 4.69) is 21.7 Å². The molecule has 3 heterocycles. The number of rotatable bonds is 4. The van der Waals surface area contributed by atoms with E-state index in [9.17, 15) is 5.26 Å². The lowest BCUT2D eigenvalue weighted by atomic mass is 10.0. The van der Waals surface area contributed by atoms with Gasteiger partial charge in [-0.25, -0.2) is 9.61 Å². The normalized spacial score (nSPS) is 11.3. The number of nitrogens with zero attached hydrogens (tertiary/aromatic N) is 5. The molecular weight excluding hydrogens is 388 g/mol. The fraction of sp³-hybridized carbons (Fsp3) is 0.143. The number of imidazole rings is 1. The first kappa shape index (κ1) is 17.5. The summed E-state index contributed by atoms with van der Waals surface area (Å²) in [6, 6.07) is 15.8. The predicted octanol–water partition coefficient (Wildman–Crippen LogP) is 4.73. The molecule has 0 aliphatic rings. The number of para-hydroxylation sites is 2. The van der Waals surface area contributed by atoms with Gasteiger partial charge in [-0.2, -0.15) is 5.26 Å². The highest BCUT2D eigenvalue weighted by Gasteiger charge is 2.21. The molecule has 142 valence electrons. The Hall–Kier alpha value is -3.63. The number of aromatic nitrogens is 4. The van der Waals surface area contributed by atoms with Crippen LogP contribution in [0.3, 0.4) is 0 Å². The number of nitrogens with one attached hydrogen (secondary N) is 1. The molecule has 7 nitrogen and oxygen atoms in total. The molecule has 5 aromatic rings. The molecule has 0 radical (unpaired) electrons. The number of nitriles is 1. The van der Waals surface area contributed by atoms with E-state index in [-0.39, 0.29) is 0 Å². The van der Waals surface area contributed by atoms with Gasteiger partial charge in [0.15, 0.2) is 11.2 Å². The van der Waals surface area contributed by atoms with Gasteiger partial charge in [-0.3, -0.25) is 4.40 Å². The Balaban J connectivity index is 1.88. The summed E-state index contributed by atoms with van der Waals surface area (Å²) in [6.45, 7) is 1.93. The average molecular weight is 403 g/mol. The zero-order valence-corrected chi connectivity index (χ0v) is 16.2. The van der Waals surface area contributed by atoms with Crippen molar-refractivity contribution >= 4 is 50.8 Å². The molecular formula is C21H15ClN6O. The van der Waals surface area contributed by atoms with Crippen molar-refractivity contribution in [3.8, 4) is 6.07 Å². The number of pyridine rings is 1. The molecule has 0 atom stereocenters. The molecule has 3 aromatic heterocycles. The number of benzene rings is 2. The highest BCUT2D eigenvalue weighted by atomic mass is 35.5. The van der Waals surface area contributed by atoms with Crippen LogP contribution in [0.15, 0.2) is 47.1 Å². The highest BCUT2D eigenvalue weighted by molar-refractivity contribution is 6.18. The number of alkyl halides is 1. The van der Waals surface area contributed by atoms with Crippen LogP contribution in [0.1, 0.15) is 16.7 Å².